The van der Waals surface area contributed by atoms with Gasteiger partial charge < -0.3 is 10.6 Å². The van der Waals surface area contributed by atoms with Gasteiger partial charge in [-0.3, -0.25) is 19.3 Å². The fourth-order valence-electron chi connectivity index (χ4n) is 2.48. The SMILES string of the molecule is CN1C(=O)c2ccc(N3CCC(N)C3=O)cc2C1=O. The molecule has 2 N–H and O–H groups in total. The summed E-state index contributed by atoms with van der Waals surface area (Å²) < 4.78 is 0. The van der Waals surface area contributed by atoms with E-state index in [0.29, 0.717) is 29.8 Å². The number of nitrogens with zero attached hydrogens (tertiary/aromatic N) is 2. The number of anilines is 1. The summed E-state index contributed by atoms with van der Waals surface area (Å²) in [5, 5.41) is 0. The van der Waals surface area contributed by atoms with Gasteiger partial charge in [-0.2, -0.15) is 0 Å². The Morgan fingerprint density at radius 3 is 2.47 bits per heavy atom. The number of imide groups is 1. The lowest BCUT2D eigenvalue weighted by Crippen LogP contribution is -2.34. The molecule has 1 unspecified atom stereocenters. The molecule has 1 aromatic carbocycles. The average molecular weight is 259 g/mol. The largest absolute Gasteiger partial charge is 0.320 e. The molecule has 1 atom stereocenters. The number of carbonyl (C=O) groups is 3. The number of benzene rings is 1. The van der Waals surface area contributed by atoms with Crippen molar-refractivity contribution < 1.29 is 14.4 Å². The summed E-state index contributed by atoms with van der Waals surface area (Å²) in [7, 11) is 1.45. The van der Waals surface area contributed by atoms with Gasteiger partial charge in [-0.15, -0.1) is 0 Å². The number of rotatable bonds is 1. The van der Waals surface area contributed by atoms with Crippen LogP contribution < -0.4 is 10.6 Å². The molecule has 1 saturated heterocycles. The van der Waals surface area contributed by atoms with Crippen LogP contribution in [-0.4, -0.2) is 42.3 Å². The zero-order valence-corrected chi connectivity index (χ0v) is 10.4. The highest BCUT2D eigenvalue weighted by atomic mass is 16.2. The van der Waals surface area contributed by atoms with Crippen LogP contribution in [-0.2, 0) is 4.79 Å². The molecular weight excluding hydrogens is 246 g/mol. The lowest BCUT2D eigenvalue weighted by molar-refractivity contribution is -0.118. The van der Waals surface area contributed by atoms with Gasteiger partial charge in [-0.1, -0.05) is 0 Å². The zero-order chi connectivity index (χ0) is 13.7. The van der Waals surface area contributed by atoms with Crippen molar-refractivity contribution in [2.45, 2.75) is 12.5 Å². The topological polar surface area (TPSA) is 83.7 Å². The van der Waals surface area contributed by atoms with Crippen LogP contribution in [0.15, 0.2) is 18.2 Å². The van der Waals surface area contributed by atoms with Gasteiger partial charge in [0, 0.05) is 19.3 Å². The van der Waals surface area contributed by atoms with Crippen molar-refractivity contribution in [3.05, 3.63) is 29.3 Å². The van der Waals surface area contributed by atoms with E-state index < -0.39 is 6.04 Å². The van der Waals surface area contributed by atoms with Gasteiger partial charge in [-0.05, 0) is 24.6 Å². The molecule has 0 radical (unpaired) electrons. The summed E-state index contributed by atoms with van der Waals surface area (Å²) in [5.74, 6) is -0.793. The molecule has 0 aliphatic carbocycles. The summed E-state index contributed by atoms with van der Waals surface area (Å²) in [4.78, 5) is 38.1. The minimum Gasteiger partial charge on any atom is -0.320 e. The number of fused-ring (bicyclic) bond motifs is 1. The molecule has 2 heterocycles. The van der Waals surface area contributed by atoms with Crippen molar-refractivity contribution in [1.29, 1.82) is 0 Å². The highest BCUT2D eigenvalue weighted by Gasteiger charge is 2.35. The van der Waals surface area contributed by atoms with Crippen LogP contribution in [0.25, 0.3) is 0 Å². The first-order valence-electron chi connectivity index (χ1n) is 6.04. The predicted molar refractivity (Wildman–Crippen MR) is 67.8 cm³/mol. The summed E-state index contributed by atoms with van der Waals surface area (Å²) >= 11 is 0. The second-order valence-corrected chi connectivity index (χ2v) is 4.78. The van der Waals surface area contributed by atoms with E-state index in [2.05, 4.69) is 0 Å². The third kappa shape index (κ3) is 1.57. The molecule has 0 bridgehead atoms. The van der Waals surface area contributed by atoms with Gasteiger partial charge >= 0.3 is 0 Å². The number of hydrogen-bond donors (Lipinski definition) is 1. The van der Waals surface area contributed by atoms with Crippen LogP contribution in [0.2, 0.25) is 0 Å². The first kappa shape index (κ1) is 11.9. The Bertz CT molecular complexity index is 611. The van der Waals surface area contributed by atoms with E-state index in [1.54, 1.807) is 23.1 Å². The molecule has 2 aliphatic rings. The maximum atomic E-state index is 11.9. The Hall–Kier alpha value is -2.21. The molecular formula is C13H13N3O3. The molecule has 3 amide bonds. The summed E-state index contributed by atoms with van der Waals surface area (Å²) in [6.07, 6.45) is 0.600. The number of carbonyl (C=O) groups excluding carboxylic acids is 3. The predicted octanol–water partition coefficient (Wildman–Crippen LogP) is -0.0236. The lowest BCUT2D eigenvalue weighted by Gasteiger charge is -2.16. The first-order chi connectivity index (χ1) is 9.00. The van der Waals surface area contributed by atoms with E-state index in [1.807, 2.05) is 0 Å². The molecule has 98 valence electrons. The van der Waals surface area contributed by atoms with Crippen molar-refractivity contribution in [3.63, 3.8) is 0 Å². The Balaban J connectivity index is 2.02. The van der Waals surface area contributed by atoms with Crippen LogP contribution in [0.5, 0.6) is 0 Å². The highest BCUT2D eigenvalue weighted by Crippen LogP contribution is 2.28. The van der Waals surface area contributed by atoms with Gasteiger partial charge in [0.25, 0.3) is 11.8 Å². The third-order valence-electron chi connectivity index (χ3n) is 3.63. The average Bonchev–Trinajstić information content (AvgIpc) is 2.85. The van der Waals surface area contributed by atoms with Gasteiger partial charge in [0.05, 0.1) is 17.2 Å². The number of amides is 3. The Kier molecular flexibility index (Phi) is 2.43. The van der Waals surface area contributed by atoms with Crippen molar-refractivity contribution in [2.24, 2.45) is 5.73 Å². The molecule has 3 rings (SSSR count). The van der Waals surface area contributed by atoms with Crippen molar-refractivity contribution in [3.8, 4) is 0 Å². The molecule has 0 aromatic heterocycles. The fourth-order valence-corrected chi connectivity index (χ4v) is 2.48. The summed E-state index contributed by atoms with van der Waals surface area (Å²) in [6, 6.07) is 4.38. The maximum Gasteiger partial charge on any atom is 0.261 e. The zero-order valence-electron chi connectivity index (χ0n) is 10.4. The molecule has 0 saturated carbocycles. The van der Waals surface area contributed by atoms with E-state index in [0.717, 1.165) is 4.90 Å². The molecule has 6 nitrogen and oxygen atoms in total. The summed E-state index contributed by atoms with van der Waals surface area (Å²) in [6.45, 7) is 0.538. The van der Waals surface area contributed by atoms with Gasteiger partial charge in [0.2, 0.25) is 5.91 Å². The van der Waals surface area contributed by atoms with E-state index in [1.165, 1.54) is 7.05 Å². The monoisotopic (exact) mass is 259 g/mol. The van der Waals surface area contributed by atoms with Crippen LogP contribution in [0.4, 0.5) is 5.69 Å². The lowest BCUT2D eigenvalue weighted by atomic mass is 10.1. The Labute approximate surface area is 109 Å². The first-order valence-corrected chi connectivity index (χ1v) is 6.04. The van der Waals surface area contributed by atoms with Crippen LogP contribution in [0, 0.1) is 0 Å². The van der Waals surface area contributed by atoms with E-state index in [9.17, 15) is 14.4 Å². The van der Waals surface area contributed by atoms with Crippen molar-refractivity contribution in [2.75, 3.05) is 18.5 Å². The molecule has 1 fully saturated rings. The van der Waals surface area contributed by atoms with E-state index in [4.69, 9.17) is 5.73 Å². The van der Waals surface area contributed by atoms with Gasteiger partial charge in [0.15, 0.2) is 0 Å². The smallest absolute Gasteiger partial charge is 0.261 e. The normalized spacial score (nSPS) is 22.4. The van der Waals surface area contributed by atoms with E-state index >= 15 is 0 Å². The van der Waals surface area contributed by atoms with E-state index in [-0.39, 0.29) is 17.7 Å². The molecule has 0 spiro atoms. The Morgan fingerprint density at radius 1 is 1.16 bits per heavy atom. The van der Waals surface area contributed by atoms with Gasteiger partial charge in [0.1, 0.15) is 0 Å². The highest BCUT2D eigenvalue weighted by molar-refractivity contribution is 6.21. The molecule has 2 aliphatic heterocycles. The fraction of sp³-hybridized carbons (Fsp3) is 0.308. The molecule has 19 heavy (non-hydrogen) atoms. The molecule has 6 heteroatoms. The minimum atomic E-state index is -0.478. The second kappa shape index (κ2) is 3.89. The van der Waals surface area contributed by atoms with Crippen molar-refractivity contribution >= 4 is 23.4 Å². The van der Waals surface area contributed by atoms with Crippen LogP contribution in [0.1, 0.15) is 27.1 Å². The molecule has 1 aromatic rings. The maximum absolute atomic E-state index is 11.9. The number of nitrogens with two attached hydrogens (primary N) is 1. The van der Waals surface area contributed by atoms with Gasteiger partial charge in [-0.25, -0.2) is 0 Å². The van der Waals surface area contributed by atoms with Crippen molar-refractivity contribution in [1.82, 2.24) is 4.90 Å². The van der Waals surface area contributed by atoms with Crippen LogP contribution >= 0.6 is 0 Å². The Morgan fingerprint density at radius 2 is 1.84 bits per heavy atom. The summed E-state index contributed by atoms with van der Waals surface area (Å²) in [5.41, 5.74) is 7.02. The minimum absolute atomic E-state index is 0.148. The quantitative estimate of drug-likeness (QED) is 0.718. The number of hydrogen-bond acceptors (Lipinski definition) is 4. The standard InChI is InChI=1S/C13H13N3O3/c1-15-11(17)8-3-2-7(6-9(8)12(15)18)16-5-4-10(14)13(16)19/h2-3,6,10H,4-5,14H2,1H3. The second-order valence-electron chi connectivity index (χ2n) is 4.78. The van der Waals surface area contributed by atoms with Crippen LogP contribution in [0.3, 0.4) is 0 Å². The third-order valence-corrected chi connectivity index (χ3v) is 3.63.